The van der Waals surface area contributed by atoms with Crippen LogP contribution in [0.1, 0.15) is 29.4 Å². The number of amides is 1. The van der Waals surface area contributed by atoms with E-state index in [0.29, 0.717) is 18.8 Å². The van der Waals surface area contributed by atoms with E-state index in [1.54, 1.807) is 28.3 Å². The Labute approximate surface area is 187 Å². The van der Waals surface area contributed by atoms with E-state index >= 15 is 0 Å². The minimum Gasteiger partial charge on any atom is -0.379 e. The van der Waals surface area contributed by atoms with Crippen LogP contribution in [0.15, 0.2) is 30.5 Å². The third-order valence-corrected chi connectivity index (χ3v) is 6.32. The number of ether oxygens (including phenoxy) is 1. The predicted octanol–water partition coefficient (Wildman–Crippen LogP) is 3.61. The molecule has 4 rings (SSSR count). The van der Waals surface area contributed by atoms with E-state index in [1.807, 2.05) is 17.9 Å². The molecule has 162 valence electrons. The third-order valence-electron chi connectivity index (χ3n) is 5.28. The molecule has 1 saturated heterocycles. The Hall–Kier alpha value is -2.00. The van der Waals surface area contributed by atoms with Gasteiger partial charge < -0.3 is 4.74 Å². The lowest BCUT2D eigenvalue weighted by Crippen LogP contribution is -2.39. The average Bonchev–Trinajstić information content (AvgIpc) is 3.39. The second-order valence-corrected chi connectivity index (χ2v) is 8.22. The first kappa shape index (κ1) is 22.7. The Morgan fingerprint density at radius 3 is 2.80 bits per heavy atom. The molecule has 0 saturated carbocycles. The fraction of sp³-hybridized carbons (Fsp3) is 0.476. The van der Waals surface area contributed by atoms with E-state index in [2.05, 4.69) is 29.1 Å². The normalized spacial score (nSPS) is 14.6. The summed E-state index contributed by atoms with van der Waals surface area (Å²) in [7, 11) is 0. The number of carbonyl (C=O) groups excluding carboxylic acids is 1. The van der Waals surface area contributed by atoms with E-state index in [-0.39, 0.29) is 18.3 Å². The van der Waals surface area contributed by atoms with Crippen LogP contribution >= 0.6 is 23.7 Å². The van der Waals surface area contributed by atoms with Crippen LogP contribution in [-0.4, -0.2) is 65.0 Å². The van der Waals surface area contributed by atoms with Gasteiger partial charge in [-0.3, -0.25) is 19.3 Å². The number of aryl methyl sites for hydroxylation is 2. The van der Waals surface area contributed by atoms with Gasteiger partial charge in [0.25, 0.3) is 5.91 Å². The van der Waals surface area contributed by atoms with Crippen LogP contribution in [0.25, 0.3) is 10.2 Å². The molecule has 0 spiro atoms. The van der Waals surface area contributed by atoms with Crippen molar-refractivity contribution in [1.29, 1.82) is 0 Å². The molecule has 0 N–H and O–H groups in total. The summed E-state index contributed by atoms with van der Waals surface area (Å²) in [4.78, 5) is 22.5. The molecule has 1 aromatic carbocycles. The Balaban J connectivity index is 0.00000256. The highest BCUT2D eigenvalue weighted by Gasteiger charge is 2.24. The number of hydrogen-bond acceptors (Lipinski definition) is 6. The number of thiazole rings is 1. The number of para-hydroxylation sites is 1. The molecule has 0 unspecified atom stereocenters. The largest absolute Gasteiger partial charge is 0.379 e. The van der Waals surface area contributed by atoms with Crippen LogP contribution < -0.4 is 4.90 Å². The van der Waals surface area contributed by atoms with Gasteiger partial charge in [0.05, 0.1) is 23.4 Å². The van der Waals surface area contributed by atoms with Crippen LogP contribution in [0.5, 0.6) is 0 Å². The monoisotopic (exact) mass is 449 g/mol. The molecule has 2 aromatic heterocycles. The molecule has 3 heterocycles. The van der Waals surface area contributed by atoms with E-state index in [1.165, 1.54) is 0 Å². The fourth-order valence-corrected chi connectivity index (χ4v) is 4.72. The SMILES string of the molecule is CCn1nccc1C(=O)N(CCCN1CCOCC1)c1nc2c(C)cccc2s1.Cl. The zero-order valence-electron chi connectivity index (χ0n) is 17.4. The number of halogens is 1. The van der Waals surface area contributed by atoms with Crippen molar-refractivity contribution < 1.29 is 9.53 Å². The lowest BCUT2D eigenvalue weighted by Gasteiger charge is -2.27. The van der Waals surface area contributed by atoms with Crippen LogP contribution in [0.4, 0.5) is 5.13 Å². The number of morpholine rings is 1. The lowest BCUT2D eigenvalue weighted by atomic mass is 10.2. The minimum absolute atomic E-state index is 0. The maximum atomic E-state index is 13.4. The smallest absolute Gasteiger partial charge is 0.278 e. The molecular formula is C21H28ClN5O2S. The second-order valence-electron chi connectivity index (χ2n) is 7.21. The molecule has 3 aromatic rings. The van der Waals surface area contributed by atoms with E-state index in [9.17, 15) is 4.79 Å². The van der Waals surface area contributed by atoms with Gasteiger partial charge in [0.15, 0.2) is 5.13 Å². The van der Waals surface area contributed by atoms with E-state index in [0.717, 1.165) is 60.2 Å². The summed E-state index contributed by atoms with van der Waals surface area (Å²) >= 11 is 1.58. The standard InChI is InChI=1S/C21H27N5O2S.ClH/c1-3-26-17(8-9-22-26)20(27)25(11-5-10-24-12-14-28-15-13-24)21-23-19-16(2)6-4-7-18(19)29-21;/h4,6-9H,3,5,10-15H2,1-2H3;1H. The highest BCUT2D eigenvalue weighted by atomic mass is 35.5. The number of carbonyl (C=O) groups is 1. The summed E-state index contributed by atoms with van der Waals surface area (Å²) in [6.07, 6.45) is 2.58. The van der Waals surface area contributed by atoms with Gasteiger partial charge in [-0.15, -0.1) is 12.4 Å². The van der Waals surface area contributed by atoms with Crippen molar-refractivity contribution in [3.8, 4) is 0 Å². The topological polar surface area (TPSA) is 63.5 Å². The first-order valence-corrected chi connectivity index (χ1v) is 11.0. The van der Waals surface area contributed by atoms with Crippen molar-refractivity contribution in [1.82, 2.24) is 19.7 Å². The van der Waals surface area contributed by atoms with Crippen LogP contribution in [0, 0.1) is 6.92 Å². The first-order valence-electron chi connectivity index (χ1n) is 10.2. The molecule has 0 atom stereocenters. The van der Waals surface area contributed by atoms with Crippen molar-refractivity contribution >= 4 is 45.0 Å². The predicted molar refractivity (Wildman–Crippen MR) is 123 cm³/mol. The fourth-order valence-electron chi connectivity index (χ4n) is 3.66. The molecular weight excluding hydrogens is 422 g/mol. The van der Waals surface area contributed by atoms with Crippen molar-refractivity contribution in [3.63, 3.8) is 0 Å². The van der Waals surface area contributed by atoms with Gasteiger partial charge in [-0.05, 0) is 38.0 Å². The molecule has 0 radical (unpaired) electrons. The van der Waals surface area contributed by atoms with Gasteiger partial charge in [-0.2, -0.15) is 5.10 Å². The maximum Gasteiger partial charge on any atom is 0.278 e. The molecule has 0 bridgehead atoms. The summed E-state index contributed by atoms with van der Waals surface area (Å²) < 4.78 is 8.28. The highest BCUT2D eigenvalue weighted by Crippen LogP contribution is 2.31. The van der Waals surface area contributed by atoms with Gasteiger partial charge in [-0.25, -0.2) is 4.98 Å². The molecule has 7 nitrogen and oxygen atoms in total. The number of hydrogen-bond donors (Lipinski definition) is 0. The Morgan fingerprint density at radius 2 is 2.07 bits per heavy atom. The molecule has 1 fully saturated rings. The number of nitrogens with zero attached hydrogens (tertiary/aromatic N) is 5. The van der Waals surface area contributed by atoms with Crippen molar-refractivity contribution in [2.45, 2.75) is 26.8 Å². The third kappa shape index (κ3) is 4.83. The zero-order chi connectivity index (χ0) is 20.2. The summed E-state index contributed by atoms with van der Waals surface area (Å²) in [6, 6.07) is 7.95. The number of aromatic nitrogens is 3. The van der Waals surface area contributed by atoms with Crippen LogP contribution in [0.2, 0.25) is 0 Å². The lowest BCUT2D eigenvalue weighted by molar-refractivity contribution is 0.0376. The van der Waals surface area contributed by atoms with Crippen molar-refractivity contribution in [2.24, 2.45) is 0 Å². The summed E-state index contributed by atoms with van der Waals surface area (Å²) in [6.45, 7) is 9.78. The van der Waals surface area contributed by atoms with Crippen molar-refractivity contribution in [2.75, 3.05) is 44.3 Å². The summed E-state index contributed by atoms with van der Waals surface area (Å²) in [5.74, 6) is -0.0389. The minimum atomic E-state index is -0.0389. The van der Waals surface area contributed by atoms with Crippen LogP contribution in [-0.2, 0) is 11.3 Å². The first-order chi connectivity index (χ1) is 14.2. The summed E-state index contributed by atoms with van der Waals surface area (Å²) in [5.41, 5.74) is 2.71. The molecule has 1 aliphatic heterocycles. The number of benzene rings is 1. The van der Waals surface area contributed by atoms with Crippen molar-refractivity contribution in [3.05, 3.63) is 41.7 Å². The van der Waals surface area contributed by atoms with Crippen LogP contribution in [0.3, 0.4) is 0 Å². The zero-order valence-corrected chi connectivity index (χ0v) is 19.0. The second kappa shape index (κ2) is 10.3. The Bertz CT molecular complexity index is 983. The average molecular weight is 450 g/mol. The molecule has 1 amide bonds. The van der Waals surface area contributed by atoms with Gasteiger partial charge in [0, 0.05) is 38.9 Å². The quantitative estimate of drug-likeness (QED) is 0.551. The molecule has 1 aliphatic rings. The highest BCUT2D eigenvalue weighted by molar-refractivity contribution is 7.22. The molecule has 30 heavy (non-hydrogen) atoms. The van der Waals surface area contributed by atoms with E-state index in [4.69, 9.17) is 9.72 Å². The Kier molecular flexibility index (Phi) is 7.82. The molecule has 0 aliphatic carbocycles. The Morgan fingerprint density at radius 1 is 1.27 bits per heavy atom. The van der Waals surface area contributed by atoms with E-state index < -0.39 is 0 Å². The van der Waals surface area contributed by atoms with Gasteiger partial charge >= 0.3 is 0 Å². The maximum absolute atomic E-state index is 13.4. The van der Waals surface area contributed by atoms with Gasteiger partial charge in [0.2, 0.25) is 0 Å². The van der Waals surface area contributed by atoms with Gasteiger partial charge in [0.1, 0.15) is 5.69 Å². The number of fused-ring (bicyclic) bond motifs is 1. The number of anilines is 1. The van der Waals surface area contributed by atoms with Gasteiger partial charge in [-0.1, -0.05) is 23.5 Å². The molecule has 9 heteroatoms. The number of rotatable bonds is 7. The summed E-state index contributed by atoms with van der Waals surface area (Å²) in [5, 5.41) is 5.03.